The van der Waals surface area contributed by atoms with Crippen LogP contribution in [0.1, 0.15) is 52.5 Å². The molecule has 4 aromatic rings. The van der Waals surface area contributed by atoms with E-state index in [0.29, 0.717) is 23.1 Å². The maximum absolute atomic E-state index is 13.5. The standard InChI is InChI=1S/C29H28N4O5/c1-18(2)21-9-11-23(12-10-21)33-29(36)32(16-22-7-5-4-6-19(22)3)28(35)26(31-33)27(34)30-15-20-8-13-24-25(14-20)38-17-37-24/h4-14,18H,15-17H2,1-3H3,(H,30,34). The van der Waals surface area contributed by atoms with Gasteiger partial charge in [-0.1, -0.05) is 56.3 Å². The van der Waals surface area contributed by atoms with Crippen molar-refractivity contribution in [1.29, 1.82) is 0 Å². The van der Waals surface area contributed by atoms with Crippen molar-refractivity contribution in [1.82, 2.24) is 19.7 Å². The summed E-state index contributed by atoms with van der Waals surface area (Å²) in [7, 11) is 0. The number of aryl methyl sites for hydroxylation is 1. The molecule has 1 aromatic heterocycles. The number of aromatic nitrogens is 3. The molecule has 1 N–H and O–H groups in total. The van der Waals surface area contributed by atoms with Gasteiger partial charge in [0.25, 0.3) is 11.5 Å². The number of ether oxygens (including phenoxy) is 2. The van der Waals surface area contributed by atoms with Crippen LogP contribution < -0.4 is 26.0 Å². The minimum absolute atomic E-state index is 0.0133. The van der Waals surface area contributed by atoms with Crippen LogP contribution >= 0.6 is 0 Å². The monoisotopic (exact) mass is 512 g/mol. The Kier molecular flexibility index (Phi) is 6.83. The zero-order valence-corrected chi connectivity index (χ0v) is 21.4. The van der Waals surface area contributed by atoms with Gasteiger partial charge < -0.3 is 14.8 Å². The molecule has 0 spiro atoms. The fraction of sp³-hybridized carbons (Fsp3) is 0.241. The van der Waals surface area contributed by atoms with E-state index in [9.17, 15) is 14.4 Å². The summed E-state index contributed by atoms with van der Waals surface area (Å²) in [5, 5.41) is 6.97. The predicted molar refractivity (Wildman–Crippen MR) is 142 cm³/mol. The lowest BCUT2D eigenvalue weighted by atomic mass is 10.0. The average molecular weight is 513 g/mol. The second-order valence-electron chi connectivity index (χ2n) is 9.48. The number of nitrogens with zero attached hydrogens (tertiary/aromatic N) is 3. The third kappa shape index (κ3) is 4.95. The van der Waals surface area contributed by atoms with Crippen molar-refractivity contribution in [2.75, 3.05) is 6.79 Å². The largest absolute Gasteiger partial charge is 0.454 e. The van der Waals surface area contributed by atoms with Crippen molar-refractivity contribution in [3.8, 4) is 17.2 Å². The van der Waals surface area contributed by atoms with E-state index in [4.69, 9.17) is 9.47 Å². The Morgan fingerprint density at radius 3 is 2.47 bits per heavy atom. The van der Waals surface area contributed by atoms with Gasteiger partial charge in [0.1, 0.15) is 0 Å². The molecule has 1 aliphatic rings. The molecule has 1 amide bonds. The molecule has 0 atom stereocenters. The van der Waals surface area contributed by atoms with Gasteiger partial charge in [-0.05, 0) is 59.4 Å². The van der Waals surface area contributed by atoms with Crippen molar-refractivity contribution in [3.05, 3.63) is 116 Å². The maximum Gasteiger partial charge on any atom is 0.352 e. The molecular formula is C29H28N4O5. The van der Waals surface area contributed by atoms with Gasteiger partial charge in [0, 0.05) is 6.54 Å². The number of nitrogens with one attached hydrogen (secondary N) is 1. The van der Waals surface area contributed by atoms with E-state index in [-0.39, 0.29) is 25.6 Å². The Balaban J connectivity index is 1.53. The molecule has 0 radical (unpaired) electrons. The number of fused-ring (bicyclic) bond motifs is 1. The van der Waals surface area contributed by atoms with Crippen molar-refractivity contribution in [3.63, 3.8) is 0 Å². The maximum atomic E-state index is 13.5. The van der Waals surface area contributed by atoms with Crippen LogP contribution in [-0.2, 0) is 13.1 Å². The highest BCUT2D eigenvalue weighted by Gasteiger charge is 2.21. The lowest BCUT2D eigenvalue weighted by Crippen LogP contribution is -2.46. The normalized spacial score (nSPS) is 12.1. The lowest BCUT2D eigenvalue weighted by molar-refractivity contribution is 0.0941. The summed E-state index contributed by atoms with van der Waals surface area (Å²) in [6, 6.07) is 20.2. The molecule has 0 aliphatic carbocycles. The number of amides is 1. The first-order valence-electron chi connectivity index (χ1n) is 12.4. The number of rotatable bonds is 7. The van der Waals surface area contributed by atoms with Crippen LogP contribution in [0.3, 0.4) is 0 Å². The number of benzene rings is 3. The Morgan fingerprint density at radius 2 is 1.74 bits per heavy atom. The first-order chi connectivity index (χ1) is 18.3. The molecule has 0 saturated carbocycles. The first-order valence-corrected chi connectivity index (χ1v) is 12.4. The zero-order chi connectivity index (χ0) is 26.8. The Hall–Kier alpha value is -4.66. The smallest absolute Gasteiger partial charge is 0.352 e. The summed E-state index contributed by atoms with van der Waals surface area (Å²) < 4.78 is 12.9. The van der Waals surface area contributed by atoms with E-state index in [1.165, 1.54) is 0 Å². The van der Waals surface area contributed by atoms with Crippen LogP contribution in [0, 0.1) is 6.92 Å². The Bertz CT molecular complexity index is 1620. The molecule has 9 nitrogen and oxygen atoms in total. The minimum Gasteiger partial charge on any atom is -0.454 e. The molecule has 1 aliphatic heterocycles. The van der Waals surface area contributed by atoms with E-state index in [1.807, 2.05) is 43.3 Å². The molecule has 0 bridgehead atoms. The number of carbonyl (C=O) groups is 1. The minimum atomic E-state index is -0.753. The van der Waals surface area contributed by atoms with E-state index in [1.54, 1.807) is 30.3 Å². The molecule has 38 heavy (non-hydrogen) atoms. The number of carbonyl (C=O) groups excluding carboxylic acids is 1. The second-order valence-corrected chi connectivity index (χ2v) is 9.48. The molecule has 194 valence electrons. The van der Waals surface area contributed by atoms with Crippen LogP contribution in [0.5, 0.6) is 11.5 Å². The topological polar surface area (TPSA) is 104 Å². The van der Waals surface area contributed by atoms with Crippen molar-refractivity contribution in [2.45, 2.75) is 39.8 Å². The summed E-state index contributed by atoms with van der Waals surface area (Å²) in [6.07, 6.45) is 0. The molecule has 0 unspecified atom stereocenters. The number of hydrogen-bond donors (Lipinski definition) is 1. The third-order valence-corrected chi connectivity index (χ3v) is 6.56. The van der Waals surface area contributed by atoms with Crippen molar-refractivity contribution >= 4 is 5.91 Å². The third-order valence-electron chi connectivity index (χ3n) is 6.56. The lowest BCUT2D eigenvalue weighted by Gasteiger charge is -2.14. The van der Waals surface area contributed by atoms with Crippen LogP contribution in [0.25, 0.3) is 5.69 Å². The SMILES string of the molecule is Cc1ccccc1Cn1c(=O)c(C(=O)NCc2ccc3c(c2)OCO3)nn(-c2ccc(C(C)C)cc2)c1=O. The highest BCUT2D eigenvalue weighted by atomic mass is 16.7. The number of hydrogen-bond acceptors (Lipinski definition) is 6. The zero-order valence-electron chi connectivity index (χ0n) is 21.4. The Morgan fingerprint density at radius 1 is 1.00 bits per heavy atom. The van der Waals surface area contributed by atoms with Crippen LogP contribution in [0.4, 0.5) is 0 Å². The van der Waals surface area contributed by atoms with Gasteiger partial charge in [-0.15, -0.1) is 0 Å². The summed E-state index contributed by atoms with van der Waals surface area (Å²) >= 11 is 0. The highest BCUT2D eigenvalue weighted by molar-refractivity contribution is 5.91. The van der Waals surface area contributed by atoms with Gasteiger partial charge in [-0.25, -0.2) is 4.79 Å². The second kappa shape index (κ2) is 10.4. The van der Waals surface area contributed by atoms with Gasteiger partial charge in [-0.2, -0.15) is 9.78 Å². The van der Waals surface area contributed by atoms with Crippen LogP contribution in [-0.4, -0.2) is 27.0 Å². The molecule has 9 heteroatoms. The van der Waals surface area contributed by atoms with E-state index >= 15 is 0 Å². The summed E-state index contributed by atoms with van der Waals surface area (Å²) in [6.45, 7) is 6.35. The summed E-state index contributed by atoms with van der Waals surface area (Å²) in [5.41, 5.74) is 2.30. The van der Waals surface area contributed by atoms with Gasteiger partial charge in [0.15, 0.2) is 11.5 Å². The molecule has 3 aromatic carbocycles. The van der Waals surface area contributed by atoms with E-state index < -0.39 is 17.2 Å². The average Bonchev–Trinajstić information content (AvgIpc) is 3.39. The predicted octanol–water partition coefficient (Wildman–Crippen LogP) is 3.53. The van der Waals surface area contributed by atoms with Gasteiger partial charge in [-0.3, -0.25) is 14.2 Å². The van der Waals surface area contributed by atoms with Crippen LogP contribution in [0.2, 0.25) is 0 Å². The van der Waals surface area contributed by atoms with Crippen molar-refractivity contribution in [2.24, 2.45) is 0 Å². The van der Waals surface area contributed by atoms with E-state index in [2.05, 4.69) is 24.3 Å². The fourth-order valence-electron chi connectivity index (χ4n) is 4.24. The molecule has 0 fully saturated rings. The summed E-state index contributed by atoms with van der Waals surface area (Å²) in [5.74, 6) is 0.852. The fourth-order valence-corrected chi connectivity index (χ4v) is 4.24. The van der Waals surface area contributed by atoms with Gasteiger partial charge in [0.2, 0.25) is 12.5 Å². The van der Waals surface area contributed by atoms with Crippen LogP contribution in [0.15, 0.2) is 76.3 Å². The molecule has 0 saturated heterocycles. The van der Waals surface area contributed by atoms with Gasteiger partial charge in [0.05, 0.1) is 12.2 Å². The molecule has 5 rings (SSSR count). The van der Waals surface area contributed by atoms with Gasteiger partial charge >= 0.3 is 5.69 Å². The highest BCUT2D eigenvalue weighted by Crippen LogP contribution is 2.32. The molecular weight excluding hydrogens is 484 g/mol. The Labute approximate surface area is 219 Å². The first kappa shape index (κ1) is 25.0. The summed E-state index contributed by atoms with van der Waals surface area (Å²) in [4.78, 5) is 40.1. The molecule has 2 heterocycles. The quantitative estimate of drug-likeness (QED) is 0.406. The van der Waals surface area contributed by atoms with Crippen molar-refractivity contribution < 1.29 is 14.3 Å². The van der Waals surface area contributed by atoms with E-state index in [0.717, 1.165) is 31.5 Å².